The van der Waals surface area contributed by atoms with Crippen LogP contribution in [-0.2, 0) is 11.8 Å². The van der Waals surface area contributed by atoms with E-state index in [9.17, 15) is 9.59 Å². The van der Waals surface area contributed by atoms with E-state index in [1.807, 2.05) is 12.3 Å². The van der Waals surface area contributed by atoms with Gasteiger partial charge in [0.2, 0.25) is 11.7 Å². The molecule has 0 saturated heterocycles. The van der Waals surface area contributed by atoms with Crippen LogP contribution in [0.25, 0.3) is 10.9 Å². The molecule has 2 N–H and O–H groups in total. The van der Waals surface area contributed by atoms with Crippen LogP contribution in [0.15, 0.2) is 17.5 Å². The number of nitrogens with one attached hydrogen (secondary N) is 2. The second kappa shape index (κ2) is 8.62. The Morgan fingerprint density at radius 3 is 2.40 bits per heavy atom. The molecule has 2 aromatic heterocycles. The van der Waals surface area contributed by atoms with Gasteiger partial charge in [0, 0.05) is 17.8 Å². The number of methoxy groups -OCH3 is 3. The average molecular weight is 433 g/mol. The Kier molecular flexibility index (Phi) is 6.16. The first kappa shape index (κ1) is 21.4. The number of amides is 2. The fourth-order valence-corrected chi connectivity index (χ4v) is 3.85. The second-order valence-electron chi connectivity index (χ2n) is 6.65. The van der Waals surface area contributed by atoms with Gasteiger partial charge in [-0.3, -0.25) is 9.59 Å². The molecule has 2 amide bonds. The van der Waals surface area contributed by atoms with Gasteiger partial charge in [0.05, 0.1) is 32.5 Å². The molecular weight excluding hydrogens is 408 g/mol. The van der Waals surface area contributed by atoms with E-state index in [4.69, 9.17) is 14.2 Å². The van der Waals surface area contributed by atoms with E-state index >= 15 is 0 Å². The van der Waals surface area contributed by atoms with Gasteiger partial charge in [-0.25, -0.2) is 4.98 Å². The van der Waals surface area contributed by atoms with Crippen molar-refractivity contribution in [3.8, 4) is 17.2 Å². The highest BCUT2D eigenvalue weighted by molar-refractivity contribution is 7.13. The third kappa shape index (κ3) is 3.90. The minimum Gasteiger partial charge on any atom is -0.493 e. The molecule has 1 atom stereocenters. The number of carbonyl (C=O) groups is 2. The van der Waals surface area contributed by atoms with Crippen molar-refractivity contribution in [3.63, 3.8) is 0 Å². The highest BCUT2D eigenvalue weighted by Gasteiger charge is 2.24. The summed E-state index contributed by atoms with van der Waals surface area (Å²) in [7, 11) is 6.32. The van der Waals surface area contributed by atoms with Gasteiger partial charge >= 0.3 is 0 Å². The maximum atomic E-state index is 12.9. The maximum absolute atomic E-state index is 12.9. The minimum absolute atomic E-state index is 0.350. The van der Waals surface area contributed by atoms with Crippen LogP contribution < -0.4 is 24.8 Å². The Hall–Kier alpha value is -3.27. The van der Waals surface area contributed by atoms with Crippen molar-refractivity contribution in [1.82, 2.24) is 14.9 Å². The third-order valence-corrected chi connectivity index (χ3v) is 5.52. The summed E-state index contributed by atoms with van der Waals surface area (Å²) in [5, 5.41) is 8.50. The molecule has 0 bridgehead atoms. The number of hydrogen-bond donors (Lipinski definition) is 2. The van der Waals surface area contributed by atoms with E-state index in [1.165, 1.54) is 32.7 Å². The lowest BCUT2D eigenvalue weighted by molar-refractivity contribution is -0.117. The summed E-state index contributed by atoms with van der Waals surface area (Å²) in [4.78, 5) is 29.5. The molecule has 9 nitrogen and oxygen atoms in total. The number of hydrogen-bond acceptors (Lipinski definition) is 7. The molecule has 3 rings (SSSR count). The number of rotatable bonds is 7. The maximum Gasteiger partial charge on any atom is 0.268 e. The quantitative estimate of drug-likeness (QED) is 0.595. The number of aryl methyl sites for hydroxylation is 2. The first-order chi connectivity index (χ1) is 14.3. The Bertz CT molecular complexity index is 1100. The Balaban J connectivity index is 1.87. The molecule has 0 aliphatic rings. The van der Waals surface area contributed by atoms with Crippen LogP contribution in [0.2, 0.25) is 0 Å². The highest BCUT2D eigenvalue weighted by atomic mass is 32.1. The highest BCUT2D eigenvalue weighted by Crippen LogP contribution is 2.44. The standard InChI is InChI=1S/C20H24N4O5S/c1-10-9-30-20(21-10)23-18(25)11(2)22-19(26)13-7-12-8-14(27-4)16(28-5)17(29-6)15(12)24(13)3/h7-9,11H,1-6H3,(H,22,26)(H,21,23,25). The van der Waals surface area contributed by atoms with Crippen molar-refractivity contribution < 1.29 is 23.8 Å². The van der Waals surface area contributed by atoms with E-state index in [1.54, 1.807) is 30.7 Å². The zero-order chi connectivity index (χ0) is 22.0. The fourth-order valence-electron chi connectivity index (χ4n) is 3.16. The number of benzene rings is 1. The molecule has 0 fully saturated rings. The van der Waals surface area contributed by atoms with Crippen LogP contribution in [0.1, 0.15) is 23.1 Å². The number of ether oxygens (including phenoxy) is 3. The molecule has 0 saturated carbocycles. The Labute approximate surface area is 177 Å². The SMILES string of the molecule is COc1cc2cc(C(=O)NC(C)C(=O)Nc3nc(C)cs3)n(C)c2c(OC)c1OC. The molecule has 0 radical (unpaired) electrons. The van der Waals surface area contributed by atoms with E-state index in [0.717, 1.165) is 11.1 Å². The lowest BCUT2D eigenvalue weighted by Crippen LogP contribution is -2.42. The largest absolute Gasteiger partial charge is 0.493 e. The molecule has 0 aliphatic carbocycles. The third-order valence-electron chi connectivity index (χ3n) is 4.64. The molecule has 1 aromatic carbocycles. The molecule has 1 unspecified atom stereocenters. The monoisotopic (exact) mass is 432 g/mol. The van der Waals surface area contributed by atoms with Crippen LogP contribution in [0.5, 0.6) is 17.2 Å². The van der Waals surface area contributed by atoms with Crippen molar-refractivity contribution >= 4 is 39.2 Å². The van der Waals surface area contributed by atoms with Gasteiger partial charge in [-0.15, -0.1) is 11.3 Å². The number of fused-ring (bicyclic) bond motifs is 1. The average Bonchev–Trinajstić information content (AvgIpc) is 3.28. The van der Waals surface area contributed by atoms with E-state index < -0.39 is 11.9 Å². The van der Waals surface area contributed by atoms with E-state index in [2.05, 4.69) is 15.6 Å². The number of nitrogens with zero attached hydrogens (tertiary/aromatic N) is 2. The molecule has 3 aromatic rings. The lowest BCUT2D eigenvalue weighted by atomic mass is 10.2. The van der Waals surface area contributed by atoms with Gasteiger partial charge in [0.25, 0.3) is 5.91 Å². The Morgan fingerprint density at radius 1 is 1.13 bits per heavy atom. The van der Waals surface area contributed by atoms with Crippen LogP contribution in [0.3, 0.4) is 0 Å². The summed E-state index contributed by atoms with van der Waals surface area (Å²) in [5.74, 6) is 0.639. The zero-order valence-electron chi connectivity index (χ0n) is 17.7. The van der Waals surface area contributed by atoms with E-state index in [-0.39, 0.29) is 5.91 Å². The first-order valence-corrected chi connectivity index (χ1v) is 10.0. The molecule has 0 aliphatic heterocycles. The predicted molar refractivity (Wildman–Crippen MR) is 115 cm³/mol. The summed E-state index contributed by atoms with van der Waals surface area (Å²) in [6.45, 7) is 3.46. The summed E-state index contributed by atoms with van der Waals surface area (Å²) < 4.78 is 18.0. The van der Waals surface area contributed by atoms with Crippen molar-refractivity contribution in [1.29, 1.82) is 0 Å². The van der Waals surface area contributed by atoms with Gasteiger partial charge in [-0.1, -0.05) is 0 Å². The van der Waals surface area contributed by atoms with Gasteiger partial charge in [-0.2, -0.15) is 0 Å². The van der Waals surface area contributed by atoms with Crippen LogP contribution in [0.4, 0.5) is 5.13 Å². The number of carbonyl (C=O) groups excluding carboxylic acids is 2. The second-order valence-corrected chi connectivity index (χ2v) is 7.51. The molecule has 2 heterocycles. The topological polar surface area (TPSA) is 104 Å². The first-order valence-electron chi connectivity index (χ1n) is 9.12. The number of aromatic nitrogens is 2. The zero-order valence-corrected chi connectivity index (χ0v) is 18.5. The summed E-state index contributed by atoms with van der Waals surface area (Å²) in [6.07, 6.45) is 0. The minimum atomic E-state index is -0.759. The molecular formula is C20H24N4O5S. The molecule has 30 heavy (non-hydrogen) atoms. The van der Waals surface area contributed by atoms with Gasteiger partial charge in [-0.05, 0) is 26.0 Å². The van der Waals surface area contributed by atoms with Crippen LogP contribution in [-0.4, -0.2) is 48.7 Å². The van der Waals surface area contributed by atoms with Crippen LogP contribution >= 0.6 is 11.3 Å². The predicted octanol–water partition coefficient (Wildman–Crippen LogP) is 2.73. The normalized spacial score (nSPS) is 11.8. The number of anilines is 1. The van der Waals surface area contributed by atoms with Gasteiger partial charge < -0.3 is 29.4 Å². The summed E-state index contributed by atoms with van der Waals surface area (Å²) in [6, 6.07) is 2.73. The molecule has 10 heteroatoms. The van der Waals surface area contributed by atoms with Gasteiger partial charge in [0.1, 0.15) is 11.7 Å². The summed E-state index contributed by atoms with van der Waals surface area (Å²) >= 11 is 1.33. The molecule has 160 valence electrons. The van der Waals surface area contributed by atoms with E-state index in [0.29, 0.717) is 33.6 Å². The molecule has 0 spiro atoms. The van der Waals surface area contributed by atoms with Crippen molar-refractivity contribution in [2.45, 2.75) is 19.9 Å². The Morgan fingerprint density at radius 2 is 1.83 bits per heavy atom. The van der Waals surface area contributed by atoms with Gasteiger partial charge in [0.15, 0.2) is 16.6 Å². The van der Waals surface area contributed by atoms with Crippen LogP contribution in [0, 0.1) is 6.92 Å². The fraction of sp³-hybridized carbons (Fsp3) is 0.350. The van der Waals surface area contributed by atoms with Crippen molar-refractivity contribution in [2.24, 2.45) is 7.05 Å². The lowest BCUT2D eigenvalue weighted by Gasteiger charge is -2.15. The van der Waals surface area contributed by atoms with Crippen molar-refractivity contribution in [2.75, 3.05) is 26.6 Å². The smallest absolute Gasteiger partial charge is 0.268 e. The summed E-state index contributed by atoms with van der Waals surface area (Å²) in [5.41, 5.74) is 1.86. The number of thiazole rings is 1. The van der Waals surface area contributed by atoms with Crippen molar-refractivity contribution in [3.05, 3.63) is 28.9 Å².